The first-order valence-corrected chi connectivity index (χ1v) is 5.75. The molecule has 0 saturated carbocycles. The number of nitrogens with zero attached hydrogens (tertiary/aromatic N) is 3. The molecule has 2 heterocycles. The second-order valence-electron chi connectivity index (χ2n) is 4.08. The predicted molar refractivity (Wildman–Crippen MR) is 69.6 cm³/mol. The topological polar surface area (TPSA) is 39.9 Å². The Morgan fingerprint density at radius 2 is 1.94 bits per heavy atom. The summed E-state index contributed by atoms with van der Waals surface area (Å²) in [6, 6.07) is 10.00. The van der Waals surface area contributed by atoms with E-state index in [4.69, 9.17) is 4.74 Å². The summed E-state index contributed by atoms with van der Waals surface area (Å²) in [6.45, 7) is 0.748. The molecule has 0 unspecified atom stereocenters. The summed E-state index contributed by atoms with van der Waals surface area (Å²) >= 11 is 0. The third-order valence-electron chi connectivity index (χ3n) is 2.93. The van der Waals surface area contributed by atoms with Crippen molar-refractivity contribution in [2.24, 2.45) is 0 Å². The summed E-state index contributed by atoms with van der Waals surface area (Å²) in [5, 5.41) is 5.44. The third-order valence-corrected chi connectivity index (χ3v) is 2.93. The Bertz CT molecular complexity index is 658. The molecule has 0 aliphatic rings. The zero-order valence-electron chi connectivity index (χ0n) is 10.1. The van der Waals surface area contributed by atoms with Gasteiger partial charge in [-0.2, -0.15) is 5.10 Å². The summed E-state index contributed by atoms with van der Waals surface area (Å²) in [4.78, 5) is 4.09. The van der Waals surface area contributed by atoms with E-state index in [9.17, 15) is 0 Å². The van der Waals surface area contributed by atoms with Gasteiger partial charge in [-0.25, -0.2) is 0 Å². The minimum Gasteiger partial charge on any atom is -0.497 e. The molecule has 3 aromatic rings. The maximum Gasteiger partial charge on any atom is 0.118 e. The smallest absolute Gasteiger partial charge is 0.118 e. The van der Waals surface area contributed by atoms with E-state index in [1.165, 1.54) is 5.56 Å². The molecule has 4 heteroatoms. The monoisotopic (exact) mass is 239 g/mol. The molecule has 0 aliphatic carbocycles. The molecule has 0 amide bonds. The number of fused-ring (bicyclic) bond motifs is 1. The quantitative estimate of drug-likeness (QED) is 0.705. The maximum absolute atomic E-state index is 5.14. The highest BCUT2D eigenvalue weighted by atomic mass is 16.5. The molecule has 4 nitrogen and oxygen atoms in total. The van der Waals surface area contributed by atoms with Crippen LogP contribution >= 0.6 is 0 Å². The Balaban J connectivity index is 1.91. The van der Waals surface area contributed by atoms with Gasteiger partial charge in [-0.05, 0) is 23.8 Å². The van der Waals surface area contributed by atoms with Crippen molar-refractivity contribution in [3.05, 3.63) is 54.5 Å². The number of benzene rings is 1. The lowest BCUT2D eigenvalue weighted by atomic mass is 10.2. The minimum absolute atomic E-state index is 0.748. The first-order chi connectivity index (χ1) is 8.86. The number of pyridine rings is 1. The van der Waals surface area contributed by atoms with E-state index in [1.807, 2.05) is 47.4 Å². The summed E-state index contributed by atoms with van der Waals surface area (Å²) in [7, 11) is 1.67. The van der Waals surface area contributed by atoms with Crippen LogP contribution < -0.4 is 4.74 Å². The van der Waals surface area contributed by atoms with Crippen molar-refractivity contribution in [1.82, 2.24) is 14.8 Å². The average molecular weight is 239 g/mol. The number of ether oxygens (including phenoxy) is 1. The second-order valence-corrected chi connectivity index (χ2v) is 4.08. The molecule has 0 spiro atoms. The Morgan fingerprint density at radius 1 is 1.11 bits per heavy atom. The van der Waals surface area contributed by atoms with Gasteiger partial charge in [0, 0.05) is 17.8 Å². The number of hydrogen-bond acceptors (Lipinski definition) is 3. The molecule has 0 aliphatic heterocycles. The largest absolute Gasteiger partial charge is 0.497 e. The fourth-order valence-electron chi connectivity index (χ4n) is 1.96. The van der Waals surface area contributed by atoms with Crippen LogP contribution in [0.25, 0.3) is 10.9 Å². The Labute approximate surface area is 105 Å². The van der Waals surface area contributed by atoms with Gasteiger partial charge < -0.3 is 4.74 Å². The van der Waals surface area contributed by atoms with Crippen LogP contribution in [0.2, 0.25) is 0 Å². The van der Waals surface area contributed by atoms with Crippen LogP contribution in [-0.2, 0) is 6.54 Å². The highest BCUT2D eigenvalue weighted by Crippen LogP contribution is 2.15. The first-order valence-electron chi connectivity index (χ1n) is 5.75. The maximum atomic E-state index is 5.14. The highest BCUT2D eigenvalue weighted by Gasteiger charge is 2.03. The number of methoxy groups -OCH3 is 1. The third kappa shape index (κ3) is 1.93. The molecule has 3 rings (SSSR count). The number of aromatic nitrogens is 3. The molecule has 0 N–H and O–H groups in total. The van der Waals surface area contributed by atoms with Gasteiger partial charge >= 0.3 is 0 Å². The molecule has 0 atom stereocenters. The molecule has 0 radical (unpaired) electrons. The molecule has 2 aromatic heterocycles. The van der Waals surface area contributed by atoms with Crippen molar-refractivity contribution in [3.8, 4) is 5.75 Å². The van der Waals surface area contributed by atoms with Crippen molar-refractivity contribution < 1.29 is 4.74 Å². The van der Waals surface area contributed by atoms with Gasteiger partial charge in [0.1, 0.15) is 5.75 Å². The number of rotatable bonds is 3. The molecule has 90 valence electrons. The highest BCUT2D eigenvalue weighted by molar-refractivity contribution is 5.77. The van der Waals surface area contributed by atoms with E-state index in [2.05, 4.69) is 10.1 Å². The van der Waals surface area contributed by atoms with Crippen molar-refractivity contribution in [3.63, 3.8) is 0 Å². The van der Waals surface area contributed by atoms with E-state index in [1.54, 1.807) is 13.3 Å². The zero-order chi connectivity index (χ0) is 12.4. The molecule has 0 saturated heterocycles. The lowest BCUT2D eigenvalue weighted by molar-refractivity contribution is 0.414. The van der Waals surface area contributed by atoms with E-state index in [0.717, 1.165) is 23.2 Å². The van der Waals surface area contributed by atoms with Crippen molar-refractivity contribution in [2.45, 2.75) is 6.54 Å². The zero-order valence-corrected chi connectivity index (χ0v) is 10.1. The van der Waals surface area contributed by atoms with E-state index < -0.39 is 0 Å². The average Bonchev–Trinajstić information content (AvgIpc) is 2.83. The predicted octanol–water partition coefficient (Wildman–Crippen LogP) is 2.49. The van der Waals surface area contributed by atoms with Crippen LogP contribution in [0, 0.1) is 0 Å². The summed E-state index contributed by atoms with van der Waals surface area (Å²) in [6.07, 6.45) is 5.45. The molecular weight excluding hydrogens is 226 g/mol. The lowest BCUT2D eigenvalue weighted by Gasteiger charge is -2.05. The summed E-state index contributed by atoms with van der Waals surface area (Å²) in [5.74, 6) is 0.869. The van der Waals surface area contributed by atoms with E-state index in [-0.39, 0.29) is 0 Å². The van der Waals surface area contributed by atoms with Crippen LogP contribution in [0.5, 0.6) is 5.75 Å². The molecular formula is C14H13N3O. The van der Waals surface area contributed by atoms with Crippen LogP contribution in [0.15, 0.2) is 48.9 Å². The number of hydrogen-bond donors (Lipinski definition) is 0. The lowest BCUT2D eigenvalue weighted by Crippen LogP contribution is -2.01. The van der Waals surface area contributed by atoms with Crippen molar-refractivity contribution in [1.29, 1.82) is 0 Å². The van der Waals surface area contributed by atoms with Gasteiger partial charge in [-0.3, -0.25) is 9.67 Å². The van der Waals surface area contributed by atoms with Crippen LogP contribution in [0.1, 0.15) is 5.56 Å². The van der Waals surface area contributed by atoms with Gasteiger partial charge in [-0.15, -0.1) is 0 Å². The SMILES string of the molecule is COc1ccc(Cn2ncc3cnccc32)cc1. The molecule has 1 aromatic carbocycles. The van der Waals surface area contributed by atoms with E-state index >= 15 is 0 Å². The fourth-order valence-corrected chi connectivity index (χ4v) is 1.96. The van der Waals surface area contributed by atoms with Gasteiger partial charge in [0.25, 0.3) is 0 Å². The molecule has 18 heavy (non-hydrogen) atoms. The van der Waals surface area contributed by atoms with Crippen LogP contribution in [0.4, 0.5) is 0 Å². The molecule has 0 bridgehead atoms. The second kappa shape index (κ2) is 4.49. The van der Waals surface area contributed by atoms with Gasteiger partial charge in [0.05, 0.1) is 25.4 Å². The van der Waals surface area contributed by atoms with Crippen molar-refractivity contribution >= 4 is 10.9 Å². The Hall–Kier alpha value is -2.36. The standard InChI is InChI=1S/C14H13N3O/c1-18-13-4-2-11(3-5-13)10-17-14-6-7-15-8-12(14)9-16-17/h2-9H,10H2,1H3. The Morgan fingerprint density at radius 3 is 2.72 bits per heavy atom. The molecule has 0 fully saturated rings. The van der Waals surface area contributed by atoms with Gasteiger partial charge in [-0.1, -0.05) is 12.1 Å². The fraction of sp³-hybridized carbons (Fsp3) is 0.143. The normalized spacial score (nSPS) is 10.7. The summed E-state index contributed by atoms with van der Waals surface area (Å²) < 4.78 is 7.11. The Kier molecular flexibility index (Phi) is 2.68. The summed E-state index contributed by atoms with van der Waals surface area (Å²) in [5.41, 5.74) is 2.29. The van der Waals surface area contributed by atoms with E-state index in [0.29, 0.717) is 0 Å². The van der Waals surface area contributed by atoms with Crippen LogP contribution in [0.3, 0.4) is 0 Å². The minimum atomic E-state index is 0.748. The van der Waals surface area contributed by atoms with Crippen LogP contribution in [-0.4, -0.2) is 21.9 Å². The first kappa shape index (κ1) is 10.8. The van der Waals surface area contributed by atoms with Gasteiger partial charge in [0.15, 0.2) is 0 Å². The van der Waals surface area contributed by atoms with Crippen molar-refractivity contribution in [2.75, 3.05) is 7.11 Å². The van der Waals surface area contributed by atoms with Gasteiger partial charge in [0.2, 0.25) is 0 Å².